The van der Waals surface area contributed by atoms with Crippen molar-refractivity contribution in [1.29, 1.82) is 0 Å². The smallest absolute Gasteiger partial charge is 0.222 e. The molecule has 30 heavy (non-hydrogen) atoms. The fraction of sp³-hybridized carbons (Fsp3) is 0.409. The third kappa shape index (κ3) is 2.95. The number of nitrogens with one attached hydrogen (secondary N) is 1. The van der Waals surface area contributed by atoms with Gasteiger partial charge in [0.2, 0.25) is 5.91 Å². The number of pyridine rings is 2. The summed E-state index contributed by atoms with van der Waals surface area (Å²) in [4.78, 5) is 20.9. The third-order valence-corrected chi connectivity index (χ3v) is 5.91. The maximum absolute atomic E-state index is 11.5. The van der Waals surface area contributed by atoms with E-state index in [-0.39, 0.29) is 5.91 Å². The number of anilines is 1. The number of carbonyl (C=O) groups is 1. The molecule has 3 aromatic rings. The summed E-state index contributed by atoms with van der Waals surface area (Å²) in [7, 11) is 3.66. The highest BCUT2D eigenvalue weighted by Gasteiger charge is 2.44. The Labute approximate surface area is 174 Å². The van der Waals surface area contributed by atoms with Crippen molar-refractivity contribution in [3.8, 4) is 17.0 Å². The van der Waals surface area contributed by atoms with Crippen molar-refractivity contribution in [3.05, 3.63) is 35.8 Å². The number of aryl methyl sites for hydroxylation is 1. The number of hydrogen-bond donors (Lipinski definition) is 1. The Balaban J connectivity index is 1.71. The molecule has 156 valence electrons. The van der Waals surface area contributed by atoms with Crippen LogP contribution in [0.2, 0.25) is 0 Å². The quantitative estimate of drug-likeness (QED) is 0.717. The molecule has 8 heteroatoms. The first-order chi connectivity index (χ1) is 14.5. The molecule has 0 radical (unpaired) electrons. The maximum Gasteiger partial charge on any atom is 0.222 e. The number of rotatable bonds is 3. The molecule has 1 amide bonds. The Hall–Kier alpha value is -2.97. The molecule has 1 atom stereocenters. The highest BCUT2D eigenvalue weighted by Crippen LogP contribution is 2.43. The van der Waals surface area contributed by atoms with E-state index in [1.54, 1.807) is 13.3 Å². The fourth-order valence-electron chi connectivity index (χ4n) is 4.48. The zero-order valence-electron chi connectivity index (χ0n) is 17.3. The van der Waals surface area contributed by atoms with Crippen LogP contribution < -0.4 is 10.1 Å². The molecule has 0 aromatic carbocycles. The first-order valence-electron chi connectivity index (χ1n) is 10.0. The first-order valence-corrected chi connectivity index (χ1v) is 10.0. The van der Waals surface area contributed by atoms with Crippen LogP contribution in [0, 0.1) is 0 Å². The largest absolute Gasteiger partial charge is 0.496 e. The molecule has 1 unspecified atom stereocenters. The van der Waals surface area contributed by atoms with Gasteiger partial charge in [-0.1, -0.05) is 0 Å². The lowest BCUT2D eigenvalue weighted by atomic mass is 9.89. The van der Waals surface area contributed by atoms with E-state index in [0.717, 1.165) is 52.0 Å². The maximum atomic E-state index is 11.5. The van der Waals surface area contributed by atoms with Crippen molar-refractivity contribution in [2.24, 2.45) is 7.05 Å². The second-order valence-electron chi connectivity index (χ2n) is 7.85. The van der Waals surface area contributed by atoms with Gasteiger partial charge in [-0.2, -0.15) is 0 Å². The number of ether oxygens (including phenoxy) is 3. The Kier molecular flexibility index (Phi) is 4.48. The average molecular weight is 408 g/mol. The molecule has 8 nitrogen and oxygen atoms in total. The van der Waals surface area contributed by atoms with Crippen LogP contribution in [-0.4, -0.2) is 47.4 Å². The van der Waals surface area contributed by atoms with Gasteiger partial charge in [0, 0.05) is 62.2 Å². The first kappa shape index (κ1) is 19.0. The van der Waals surface area contributed by atoms with Gasteiger partial charge in [0.05, 0.1) is 43.4 Å². The van der Waals surface area contributed by atoms with Gasteiger partial charge in [-0.05, 0) is 6.07 Å². The highest BCUT2D eigenvalue weighted by molar-refractivity contribution is 5.98. The third-order valence-electron chi connectivity index (χ3n) is 5.91. The Morgan fingerprint density at radius 3 is 2.93 bits per heavy atom. The molecule has 1 fully saturated rings. The molecule has 0 bridgehead atoms. The number of amides is 1. The van der Waals surface area contributed by atoms with E-state index >= 15 is 0 Å². The van der Waals surface area contributed by atoms with E-state index in [1.807, 2.05) is 29.9 Å². The van der Waals surface area contributed by atoms with Gasteiger partial charge < -0.3 is 24.1 Å². The summed E-state index contributed by atoms with van der Waals surface area (Å²) in [5.74, 6) is 1.17. The molecule has 2 aliphatic heterocycles. The Morgan fingerprint density at radius 1 is 1.33 bits per heavy atom. The molecular formula is C22H24N4O4. The van der Waals surface area contributed by atoms with Crippen molar-refractivity contribution < 1.29 is 19.0 Å². The van der Waals surface area contributed by atoms with Crippen LogP contribution in [0.1, 0.15) is 24.6 Å². The molecule has 0 saturated carbocycles. The molecule has 2 aliphatic rings. The Bertz CT molecular complexity index is 1150. The van der Waals surface area contributed by atoms with E-state index in [0.29, 0.717) is 25.6 Å². The fourth-order valence-corrected chi connectivity index (χ4v) is 4.48. The predicted octanol–water partition coefficient (Wildman–Crippen LogP) is 2.79. The van der Waals surface area contributed by atoms with Crippen LogP contribution in [0.25, 0.3) is 22.2 Å². The SMILES string of the molecule is COc1cc(-c2cn(C)c3cnc(NC(C)=O)cc23)nc2c1CCOC21CCOC1. The zero-order valence-corrected chi connectivity index (χ0v) is 17.3. The van der Waals surface area contributed by atoms with Crippen molar-refractivity contribution in [2.75, 3.05) is 32.2 Å². The number of fused-ring (bicyclic) bond motifs is 3. The van der Waals surface area contributed by atoms with Gasteiger partial charge in [0.25, 0.3) is 0 Å². The molecule has 0 aliphatic carbocycles. The number of nitrogens with zero attached hydrogens (tertiary/aromatic N) is 3. The topological polar surface area (TPSA) is 87.5 Å². The summed E-state index contributed by atoms with van der Waals surface area (Å²) in [6, 6.07) is 3.87. The van der Waals surface area contributed by atoms with Crippen LogP contribution in [0.5, 0.6) is 5.75 Å². The van der Waals surface area contributed by atoms with Gasteiger partial charge >= 0.3 is 0 Å². The molecule has 1 spiro atoms. The number of methoxy groups -OCH3 is 1. The summed E-state index contributed by atoms with van der Waals surface area (Å²) in [6.45, 7) is 3.27. The number of carbonyl (C=O) groups excluding carboxylic acids is 1. The number of aromatic nitrogens is 3. The summed E-state index contributed by atoms with van der Waals surface area (Å²) in [6.07, 6.45) is 5.33. The van der Waals surface area contributed by atoms with E-state index < -0.39 is 5.60 Å². The summed E-state index contributed by atoms with van der Waals surface area (Å²) >= 11 is 0. The lowest BCUT2D eigenvalue weighted by Gasteiger charge is -2.34. The normalized spacial score (nSPS) is 20.5. The monoisotopic (exact) mass is 408 g/mol. The average Bonchev–Trinajstić information content (AvgIpc) is 3.32. The van der Waals surface area contributed by atoms with Gasteiger partial charge in [-0.3, -0.25) is 4.79 Å². The Morgan fingerprint density at radius 2 is 2.20 bits per heavy atom. The van der Waals surface area contributed by atoms with Crippen LogP contribution in [0.4, 0.5) is 5.82 Å². The van der Waals surface area contributed by atoms with Gasteiger partial charge in [0.1, 0.15) is 17.2 Å². The van der Waals surface area contributed by atoms with Crippen LogP contribution in [-0.2, 0) is 33.3 Å². The molecule has 5 heterocycles. The van der Waals surface area contributed by atoms with Crippen LogP contribution >= 0.6 is 0 Å². The van der Waals surface area contributed by atoms with Crippen molar-refractivity contribution >= 4 is 22.6 Å². The van der Waals surface area contributed by atoms with Crippen LogP contribution in [0.15, 0.2) is 24.5 Å². The molecule has 1 saturated heterocycles. The predicted molar refractivity (Wildman–Crippen MR) is 112 cm³/mol. The zero-order chi connectivity index (χ0) is 20.9. The van der Waals surface area contributed by atoms with Gasteiger partial charge in [0.15, 0.2) is 0 Å². The second-order valence-corrected chi connectivity index (χ2v) is 7.85. The second kappa shape index (κ2) is 7.07. The van der Waals surface area contributed by atoms with E-state index in [9.17, 15) is 4.79 Å². The lowest BCUT2D eigenvalue weighted by molar-refractivity contribution is -0.114. The summed E-state index contributed by atoms with van der Waals surface area (Å²) < 4.78 is 19.6. The molecule has 5 rings (SSSR count). The van der Waals surface area contributed by atoms with E-state index in [4.69, 9.17) is 19.2 Å². The van der Waals surface area contributed by atoms with E-state index in [2.05, 4.69) is 10.3 Å². The highest BCUT2D eigenvalue weighted by atomic mass is 16.6. The van der Waals surface area contributed by atoms with Gasteiger partial charge in [-0.15, -0.1) is 0 Å². The minimum absolute atomic E-state index is 0.159. The summed E-state index contributed by atoms with van der Waals surface area (Å²) in [5.41, 5.74) is 4.19. The van der Waals surface area contributed by atoms with Gasteiger partial charge in [-0.25, -0.2) is 9.97 Å². The minimum atomic E-state index is -0.510. The minimum Gasteiger partial charge on any atom is -0.496 e. The summed E-state index contributed by atoms with van der Waals surface area (Å²) in [5, 5.41) is 3.71. The molecule has 1 N–H and O–H groups in total. The van der Waals surface area contributed by atoms with Crippen molar-refractivity contribution in [2.45, 2.75) is 25.4 Å². The number of hydrogen-bond acceptors (Lipinski definition) is 6. The van der Waals surface area contributed by atoms with E-state index in [1.165, 1.54) is 6.92 Å². The van der Waals surface area contributed by atoms with Crippen molar-refractivity contribution in [1.82, 2.24) is 14.5 Å². The van der Waals surface area contributed by atoms with Crippen molar-refractivity contribution in [3.63, 3.8) is 0 Å². The standard InChI is InChI=1S/C22H24N4O4/c1-13(27)24-20-8-15-16(11-26(2)18(15)10-23-20)17-9-19(28-3)14-4-6-30-22(21(14)25-17)5-7-29-12-22/h8-11H,4-7,12H2,1-3H3,(H,23,24,27). The molecule has 3 aromatic heterocycles. The lowest BCUT2D eigenvalue weighted by Crippen LogP contribution is -2.37. The van der Waals surface area contributed by atoms with Crippen LogP contribution in [0.3, 0.4) is 0 Å². The molecular weight excluding hydrogens is 384 g/mol.